The van der Waals surface area contributed by atoms with Crippen molar-refractivity contribution in [3.05, 3.63) is 121 Å². The highest BCUT2D eigenvalue weighted by Crippen LogP contribution is 2.42. The van der Waals surface area contributed by atoms with Crippen LogP contribution in [0, 0.1) is 0 Å². The Morgan fingerprint density at radius 1 is 0.304 bits per heavy atom. The normalized spacial score (nSPS) is 12.3. The SMILES string of the molecule is c1ccc2cc3sc(-c4nc5cc6cc7cc8sc(-c9cc%10cc%11ccccc%11cc%10s9)nc8cc7cc6cc5s4)cc3cc2c1. The van der Waals surface area contributed by atoms with Gasteiger partial charge in [0.05, 0.1) is 30.2 Å². The highest BCUT2D eigenvalue weighted by Gasteiger charge is 2.15. The van der Waals surface area contributed by atoms with Crippen LogP contribution in [0.3, 0.4) is 0 Å². The van der Waals surface area contributed by atoms with E-state index in [1.54, 1.807) is 22.7 Å². The van der Waals surface area contributed by atoms with Crippen LogP contribution in [0.4, 0.5) is 0 Å². The molecule has 46 heavy (non-hydrogen) atoms. The molecule has 4 heterocycles. The van der Waals surface area contributed by atoms with Crippen molar-refractivity contribution in [2.75, 3.05) is 0 Å². The summed E-state index contributed by atoms with van der Waals surface area (Å²) < 4.78 is 5.06. The van der Waals surface area contributed by atoms with Gasteiger partial charge in [0.15, 0.2) is 0 Å². The van der Waals surface area contributed by atoms with Gasteiger partial charge in [-0.05, 0) is 127 Å². The van der Waals surface area contributed by atoms with E-state index in [1.807, 2.05) is 22.7 Å². The maximum absolute atomic E-state index is 5.12. The molecule has 11 aromatic rings. The lowest BCUT2D eigenvalue weighted by Gasteiger charge is -2.03. The average molecular weight is 657 g/mol. The van der Waals surface area contributed by atoms with Gasteiger partial charge in [-0.3, -0.25) is 0 Å². The van der Waals surface area contributed by atoms with Gasteiger partial charge >= 0.3 is 0 Å². The molecule has 0 aliphatic carbocycles. The summed E-state index contributed by atoms with van der Waals surface area (Å²) >= 11 is 7.24. The molecule has 0 amide bonds. The molecule has 2 nitrogen and oxygen atoms in total. The van der Waals surface area contributed by atoms with Crippen molar-refractivity contribution >= 4 is 129 Å². The third kappa shape index (κ3) is 3.91. The molecule has 0 bridgehead atoms. The molecule has 0 aliphatic heterocycles. The Morgan fingerprint density at radius 2 is 0.674 bits per heavy atom. The van der Waals surface area contributed by atoms with E-state index >= 15 is 0 Å². The summed E-state index contributed by atoms with van der Waals surface area (Å²) in [6, 6.07) is 44.7. The third-order valence-electron chi connectivity index (χ3n) is 9.00. The second-order valence-electron chi connectivity index (χ2n) is 11.9. The quantitative estimate of drug-likeness (QED) is 0.173. The first-order chi connectivity index (χ1) is 22.7. The molecule has 0 spiro atoms. The van der Waals surface area contributed by atoms with Crippen LogP contribution in [-0.4, -0.2) is 9.97 Å². The second kappa shape index (κ2) is 9.41. The van der Waals surface area contributed by atoms with Crippen LogP contribution in [0.1, 0.15) is 0 Å². The van der Waals surface area contributed by atoms with Crippen LogP contribution in [0.15, 0.2) is 121 Å². The molecule has 6 heteroatoms. The number of hydrogen-bond donors (Lipinski definition) is 0. The monoisotopic (exact) mass is 656 g/mol. The van der Waals surface area contributed by atoms with Gasteiger partial charge in [-0.1, -0.05) is 48.5 Å². The number of rotatable bonds is 2. The molecular formula is C40H20N2S4. The molecule has 0 radical (unpaired) electrons. The van der Waals surface area contributed by atoms with E-state index in [2.05, 4.69) is 121 Å². The predicted octanol–water partition coefficient (Wildman–Crippen LogP) is 13.3. The fourth-order valence-corrected chi connectivity index (χ4v) is 11.0. The van der Waals surface area contributed by atoms with Crippen LogP contribution < -0.4 is 0 Å². The van der Waals surface area contributed by atoms with Gasteiger partial charge in [0, 0.05) is 9.40 Å². The van der Waals surface area contributed by atoms with E-state index < -0.39 is 0 Å². The second-order valence-corrected chi connectivity index (χ2v) is 16.1. The predicted molar refractivity (Wildman–Crippen MR) is 204 cm³/mol. The summed E-state index contributed by atoms with van der Waals surface area (Å²) in [5.41, 5.74) is 2.13. The number of fused-ring (bicyclic) bond motifs is 8. The van der Waals surface area contributed by atoms with E-state index in [0.717, 1.165) is 21.0 Å². The zero-order valence-electron chi connectivity index (χ0n) is 24.1. The van der Waals surface area contributed by atoms with Crippen molar-refractivity contribution in [3.63, 3.8) is 0 Å². The first-order valence-electron chi connectivity index (χ1n) is 15.1. The van der Waals surface area contributed by atoms with E-state index in [0.29, 0.717) is 0 Å². The standard InChI is InChI=1S/C40H20N2S4/c1-3-7-23-15-33-29(9-21(23)5-1)19-37(43-33)39-41-31-13-25-11-28-18-36-32(14-26(28)12-27(25)17-35(31)45-39)42-40(46-36)38-20-30-10-22-6-2-4-8-24(22)16-34(30)44-38/h1-20H. The van der Waals surface area contributed by atoms with E-state index in [1.165, 1.54) is 82.4 Å². The van der Waals surface area contributed by atoms with E-state index in [9.17, 15) is 0 Å². The first kappa shape index (κ1) is 25.5. The Kier molecular flexibility index (Phi) is 5.21. The van der Waals surface area contributed by atoms with Gasteiger partial charge in [-0.25, -0.2) is 9.97 Å². The van der Waals surface area contributed by atoms with Gasteiger partial charge in [0.25, 0.3) is 0 Å². The van der Waals surface area contributed by atoms with Crippen LogP contribution in [0.2, 0.25) is 0 Å². The smallest absolute Gasteiger partial charge is 0.134 e. The Labute approximate surface area is 278 Å². The van der Waals surface area contributed by atoms with Crippen molar-refractivity contribution in [2.24, 2.45) is 0 Å². The van der Waals surface area contributed by atoms with E-state index in [-0.39, 0.29) is 0 Å². The fourth-order valence-electron chi connectivity index (χ4n) is 6.72. The third-order valence-corrected chi connectivity index (χ3v) is 13.6. The average Bonchev–Trinajstić information content (AvgIpc) is 3.86. The molecular weight excluding hydrogens is 637 g/mol. The van der Waals surface area contributed by atoms with Crippen molar-refractivity contribution < 1.29 is 0 Å². The summed E-state index contributed by atoms with van der Waals surface area (Å²) in [6.07, 6.45) is 0. The van der Waals surface area contributed by atoms with Crippen LogP contribution in [0.5, 0.6) is 0 Å². The minimum Gasteiger partial charge on any atom is -0.235 e. The lowest BCUT2D eigenvalue weighted by molar-refractivity contribution is 1.51. The lowest BCUT2D eigenvalue weighted by atomic mass is 10.0. The Bertz CT molecular complexity index is 2650. The number of aromatic nitrogens is 2. The minimum atomic E-state index is 1.06. The number of thiazole rings is 2. The summed E-state index contributed by atoms with van der Waals surface area (Å²) in [5, 5.41) is 14.8. The Balaban J connectivity index is 0.995. The van der Waals surface area contributed by atoms with Crippen molar-refractivity contribution in [1.29, 1.82) is 0 Å². The molecule has 0 saturated carbocycles. The number of hydrogen-bond acceptors (Lipinski definition) is 6. The van der Waals surface area contributed by atoms with Crippen LogP contribution in [0.25, 0.3) is 103 Å². The minimum absolute atomic E-state index is 1.06. The van der Waals surface area contributed by atoms with Crippen LogP contribution >= 0.6 is 45.3 Å². The topological polar surface area (TPSA) is 25.8 Å². The molecule has 4 aromatic heterocycles. The molecule has 0 atom stereocenters. The van der Waals surface area contributed by atoms with Crippen molar-refractivity contribution in [3.8, 4) is 19.8 Å². The summed E-state index contributed by atoms with van der Waals surface area (Å²) in [5.74, 6) is 0. The zero-order valence-corrected chi connectivity index (χ0v) is 27.3. The Morgan fingerprint density at radius 3 is 1.13 bits per heavy atom. The summed E-state index contributed by atoms with van der Waals surface area (Å²) in [7, 11) is 0. The molecule has 11 rings (SSSR count). The number of nitrogens with zero attached hydrogens (tertiary/aromatic N) is 2. The Hall–Kier alpha value is -4.72. The van der Waals surface area contributed by atoms with Crippen molar-refractivity contribution in [2.45, 2.75) is 0 Å². The highest BCUT2D eigenvalue weighted by molar-refractivity contribution is 7.28. The summed E-state index contributed by atoms with van der Waals surface area (Å²) in [6.45, 7) is 0. The highest BCUT2D eigenvalue weighted by atomic mass is 32.1. The van der Waals surface area contributed by atoms with Gasteiger partial charge in [0.1, 0.15) is 10.0 Å². The summed E-state index contributed by atoms with van der Waals surface area (Å²) in [4.78, 5) is 12.7. The van der Waals surface area contributed by atoms with Gasteiger partial charge < -0.3 is 0 Å². The van der Waals surface area contributed by atoms with Gasteiger partial charge in [-0.2, -0.15) is 0 Å². The molecule has 0 aliphatic rings. The maximum atomic E-state index is 5.12. The lowest BCUT2D eigenvalue weighted by Crippen LogP contribution is -1.78. The molecule has 0 N–H and O–H groups in total. The largest absolute Gasteiger partial charge is 0.235 e. The van der Waals surface area contributed by atoms with Gasteiger partial charge in [0.2, 0.25) is 0 Å². The zero-order chi connectivity index (χ0) is 29.9. The molecule has 0 fully saturated rings. The molecule has 7 aromatic carbocycles. The fraction of sp³-hybridized carbons (Fsp3) is 0. The van der Waals surface area contributed by atoms with Crippen LogP contribution in [-0.2, 0) is 0 Å². The van der Waals surface area contributed by atoms with Gasteiger partial charge in [-0.15, -0.1) is 45.3 Å². The number of thiophene rings is 2. The molecule has 0 saturated heterocycles. The van der Waals surface area contributed by atoms with Crippen molar-refractivity contribution in [1.82, 2.24) is 9.97 Å². The molecule has 0 unspecified atom stereocenters. The first-order valence-corrected chi connectivity index (χ1v) is 18.4. The molecule has 214 valence electrons. The van der Waals surface area contributed by atoms with E-state index in [4.69, 9.17) is 9.97 Å². The maximum Gasteiger partial charge on any atom is 0.134 e. The number of benzene rings is 7.